The van der Waals surface area contributed by atoms with Gasteiger partial charge in [-0.3, -0.25) is 9.59 Å². The first-order valence-corrected chi connectivity index (χ1v) is 39.9. The van der Waals surface area contributed by atoms with E-state index < -0.39 is 56.8 Å². The Morgan fingerprint density at radius 1 is 0.430 bits per heavy atom. The van der Waals surface area contributed by atoms with Gasteiger partial charge in [0.05, 0.1) is 62.7 Å². The van der Waals surface area contributed by atoms with Crippen molar-refractivity contribution < 1.29 is 36.6 Å². The minimum Gasteiger partial charge on any atom is -0.492 e. The summed E-state index contributed by atoms with van der Waals surface area (Å²) in [5, 5.41) is 41.1. The Labute approximate surface area is 640 Å². The minimum atomic E-state index is -1.22. The van der Waals surface area contributed by atoms with E-state index in [9.17, 15) is 39.4 Å². The topological polar surface area (TPSA) is 148 Å². The lowest BCUT2D eigenvalue weighted by molar-refractivity contribution is 0.103. The zero-order valence-electron chi connectivity index (χ0n) is 59.1. The number of rotatable bonds is 17. The van der Waals surface area contributed by atoms with Crippen molar-refractivity contribution in [3.05, 3.63) is 290 Å². The van der Waals surface area contributed by atoms with Crippen molar-refractivity contribution in [1.29, 1.82) is 21.0 Å². The van der Waals surface area contributed by atoms with Gasteiger partial charge in [0.15, 0.2) is 34.8 Å². The molecule has 1 atom stereocenters. The molecule has 6 aromatic carbocycles. The van der Waals surface area contributed by atoms with E-state index >= 15 is 8.78 Å². The third kappa shape index (κ3) is 11.1. The van der Waals surface area contributed by atoms with Gasteiger partial charge >= 0.3 is 0 Å². The summed E-state index contributed by atoms with van der Waals surface area (Å²) in [7, 11) is 0. The molecule has 6 aromatic heterocycles. The lowest BCUT2D eigenvalue weighted by Gasteiger charge is -2.34. The standard InChI is InChI=1S/C89H62F4N4O4S6/c1-9-44(4)42-100-70-30-56(28-62-74(50(38-94)39-95)58-32-66(90)68(92)34-60(58)78(62)98)102-82(70)72-36-64-80(104-72)84-76(88(64,52-20-12-45(5)13-21-52)53-22-14-46(6)15-23-53)86-87(106-84)77-85(107-86)81-65(89(77,54-24-16-47(7)17-25-54)55-26-18-48(8)19-27-55)37-73(105-81)83-71(101-43-49(10-2)11-3)31-57(103-83)29-63-75(51(40-96)41-97)59-33-67(91)69(93)35-61(59)79(63)99/h12-37,44,49H,9-11,42-43H2,1-8H3/b62-28-,63-29-. The summed E-state index contributed by atoms with van der Waals surface area (Å²) in [6.45, 7) is 17.7. The SMILES string of the molecule is CCC(C)COc1cc(/C=C2\C(=O)c3cc(F)c(F)cc3C2=C(C#N)C#N)sc1-c1cc2c(s1)-c1sc3c4c(sc3c1C2(c1ccc(C)cc1)c1ccc(C)cc1)-c1sc(-c2sc(/C=C3\C(=O)c5cc(F)c(F)cc5C3=C(C#N)C#N)cc2OCC(CC)CC)cc1C4(c1ccc(C)cc1)c1ccc(C)cc1. The molecule has 0 N–H and O–H groups in total. The molecule has 1 unspecified atom stereocenters. The molecule has 526 valence electrons. The molecule has 8 nitrogen and oxygen atoms in total. The second-order valence-electron chi connectivity index (χ2n) is 27.8. The van der Waals surface area contributed by atoms with Crippen LogP contribution < -0.4 is 9.47 Å². The molecular formula is C89H62F4N4O4S6. The lowest BCUT2D eigenvalue weighted by Crippen LogP contribution is -2.28. The van der Waals surface area contributed by atoms with Gasteiger partial charge in [0.25, 0.3) is 0 Å². The summed E-state index contributed by atoms with van der Waals surface area (Å²) in [6, 6.07) is 54.9. The molecule has 4 aliphatic carbocycles. The van der Waals surface area contributed by atoms with Crippen LogP contribution in [0.1, 0.15) is 155 Å². The third-order valence-electron chi connectivity index (χ3n) is 21.3. The lowest BCUT2D eigenvalue weighted by atomic mass is 9.67. The number of benzene rings is 6. The molecule has 4 aliphatic rings. The number of aryl methyl sites for hydroxylation is 4. The second kappa shape index (κ2) is 27.3. The summed E-state index contributed by atoms with van der Waals surface area (Å²) in [6.07, 6.45) is 5.80. The van der Waals surface area contributed by atoms with E-state index in [0.29, 0.717) is 34.5 Å². The molecule has 0 bridgehead atoms. The first-order valence-electron chi connectivity index (χ1n) is 35.0. The van der Waals surface area contributed by atoms with Crippen LogP contribution in [-0.2, 0) is 10.8 Å². The van der Waals surface area contributed by atoms with Gasteiger partial charge in [0, 0.05) is 64.1 Å². The fourth-order valence-electron chi connectivity index (χ4n) is 15.5. The highest BCUT2D eigenvalue weighted by molar-refractivity contribution is 7.35. The summed E-state index contributed by atoms with van der Waals surface area (Å²) in [5.74, 6) is -4.59. The Hall–Kier alpha value is -10.6. The van der Waals surface area contributed by atoms with Crippen molar-refractivity contribution in [1.82, 2.24) is 0 Å². The molecule has 12 aromatic rings. The third-order valence-corrected chi connectivity index (χ3v) is 29.0. The largest absolute Gasteiger partial charge is 0.492 e. The Kier molecular flexibility index (Phi) is 18.0. The maximum Gasteiger partial charge on any atom is 0.194 e. The van der Waals surface area contributed by atoms with Crippen molar-refractivity contribution in [2.24, 2.45) is 11.8 Å². The number of hydrogen-bond donors (Lipinski definition) is 0. The summed E-state index contributed by atoms with van der Waals surface area (Å²) in [4.78, 5) is 37.9. The van der Waals surface area contributed by atoms with Gasteiger partial charge in [-0.2, -0.15) is 21.0 Å². The number of allylic oxidation sites excluding steroid dienone is 6. The molecular weight excluding hydrogens is 1460 g/mol. The van der Waals surface area contributed by atoms with E-state index in [1.807, 2.05) is 59.1 Å². The van der Waals surface area contributed by atoms with Gasteiger partial charge < -0.3 is 9.47 Å². The van der Waals surface area contributed by atoms with E-state index in [-0.39, 0.29) is 56.4 Å². The first kappa shape index (κ1) is 70.7. The number of nitriles is 4. The number of Topliss-reactive ketones (excluding diaryl/α,β-unsaturated/α-hetero) is 2. The van der Waals surface area contributed by atoms with Crippen LogP contribution in [0.5, 0.6) is 11.5 Å². The molecule has 107 heavy (non-hydrogen) atoms. The number of carbonyl (C=O) groups excluding carboxylic acids is 2. The number of fused-ring (bicyclic) bond motifs is 11. The monoisotopic (exact) mass is 1520 g/mol. The zero-order chi connectivity index (χ0) is 74.8. The number of ether oxygens (including phenoxy) is 2. The fraction of sp³-hybridized carbons (Fsp3) is 0.191. The maximum atomic E-state index is 15.1. The highest BCUT2D eigenvalue weighted by atomic mass is 32.1. The molecule has 0 radical (unpaired) electrons. The molecule has 0 spiro atoms. The van der Waals surface area contributed by atoms with Crippen LogP contribution in [0, 0.1) is 108 Å². The average molecular weight is 1520 g/mol. The van der Waals surface area contributed by atoms with Crippen molar-refractivity contribution >= 4 is 112 Å². The van der Waals surface area contributed by atoms with Gasteiger partial charge in [-0.25, -0.2) is 17.6 Å². The molecule has 0 saturated heterocycles. The van der Waals surface area contributed by atoms with Crippen LogP contribution in [0.15, 0.2) is 168 Å². The number of carbonyl (C=O) groups is 2. The van der Waals surface area contributed by atoms with Crippen molar-refractivity contribution in [2.75, 3.05) is 13.2 Å². The normalized spacial score (nSPS) is 15.1. The summed E-state index contributed by atoms with van der Waals surface area (Å²) < 4.78 is 76.1. The Morgan fingerprint density at radius 3 is 1.09 bits per heavy atom. The van der Waals surface area contributed by atoms with Crippen molar-refractivity contribution in [3.63, 3.8) is 0 Å². The Balaban J connectivity index is 0.944. The van der Waals surface area contributed by atoms with E-state index in [0.717, 1.165) is 148 Å². The van der Waals surface area contributed by atoms with Gasteiger partial charge in [0.2, 0.25) is 0 Å². The van der Waals surface area contributed by atoms with E-state index in [1.54, 1.807) is 34.8 Å². The molecule has 16 rings (SSSR count). The second-order valence-corrected chi connectivity index (χ2v) is 34.1. The quantitative estimate of drug-likeness (QED) is 0.0497. The molecule has 0 aliphatic heterocycles. The Morgan fingerprint density at radius 2 is 0.766 bits per heavy atom. The highest BCUT2D eigenvalue weighted by Gasteiger charge is 2.56. The van der Waals surface area contributed by atoms with Crippen LogP contribution >= 0.6 is 68.0 Å². The average Bonchev–Trinajstić information content (AvgIpc) is 1.48. The van der Waals surface area contributed by atoms with Gasteiger partial charge in [0.1, 0.15) is 46.9 Å². The molecule has 18 heteroatoms. The number of hydrogen-bond acceptors (Lipinski definition) is 14. The number of ketones is 2. The van der Waals surface area contributed by atoms with Gasteiger partial charge in [-0.15, -0.1) is 68.0 Å². The smallest absolute Gasteiger partial charge is 0.194 e. The predicted octanol–water partition coefficient (Wildman–Crippen LogP) is 24.5. The highest BCUT2D eigenvalue weighted by Crippen LogP contribution is 2.71. The van der Waals surface area contributed by atoms with E-state index in [4.69, 9.17) is 9.47 Å². The number of thiophene rings is 6. The molecule has 0 amide bonds. The first-order chi connectivity index (χ1) is 51.7. The minimum absolute atomic E-state index is 0.0251. The van der Waals surface area contributed by atoms with Gasteiger partial charge in [-0.05, 0) is 145 Å². The van der Waals surface area contributed by atoms with Crippen LogP contribution in [0.2, 0.25) is 0 Å². The van der Waals surface area contributed by atoms with Crippen LogP contribution in [0.3, 0.4) is 0 Å². The molecule has 0 fully saturated rings. The van der Waals surface area contributed by atoms with Crippen molar-refractivity contribution in [3.8, 4) is 74.8 Å². The Bertz CT molecular complexity index is 5990. The summed E-state index contributed by atoms with van der Waals surface area (Å²) >= 11 is 9.78. The molecule has 0 saturated carbocycles. The molecule has 6 heterocycles. The van der Waals surface area contributed by atoms with Crippen LogP contribution in [0.4, 0.5) is 17.6 Å². The van der Waals surface area contributed by atoms with Gasteiger partial charge in [-0.1, -0.05) is 166 Å². The van der Waals surface area contributed by atoms with E-state index in [1.165, 1.54) is 33.8 Å². The number of nitrogens with zero attached hydrogens (tertiary/aromatic N) is 4. The van der Waals surface area contributed by atoms with Crippen molar-refractivity contribution in [2.45, 2.75) is 85.5 Å². The van der Waals surface area contributed by atoms with Crippen LogP contribution in [0.25, 0.3) is 71.7 Å². The van der Waals surface area contributed by atoms with E-state index in [2.05, 4.69) is 165 Å². The number of halogens is 4. The van der Waals surface area contributed by atoms with Crippen LogP contribution in [-0.4, -0.2) is 24.8 Å². The summed E-state index contributed by atoms with van der Waals surface area (Å²) in [5.41, 5.74) is 10.0. The zero-order valence-corrected chi connectivity index (χ0v) is 64.0. The fourth-order valence-corrected chi connectivity index (χ4v) is 23.6. The predicted molar refractivity (Wildman–Crippen MR) is 424 cm³/mol. The maximum absolute atomic E-state index is 15.1.